The van der Waals surface area contributed by atoms with Crippen LogP contribution in [0.15, 0.2) is 18.2 Å². The summed E-state index contributed by atoms with van der Waals surface area (Å²) in [5.41, 5.74) is 0. The number of hydrogen-bond acceptors (Lipinski definition) is 2. The van der Waals surface area contributed by atoms with Gasteiger partial charge in [-0.3, -0.25) is 0 Å². The molecular formula is C10H7Cl2OS. The van der Waals surface area contributed by atoms with Crippen molar-refractivity contribution >= 4 is 44.6 Å². The first-order valence-corrected chi connectivity index (χ1v) is 5.53. The zero-order chi connectivity index (χ0) is 10.1. The summed E-state index contributed by atoms with van der Waals surface area (Å²) in [5, 5.41) is 2.17. The van der Waals surface area contributed by atoms with Crippen molar-refractivity contribution in [3.63, 3.8) is 0 Å². The molecule has 0 aliphatic heterocycles. The van der Waals surface area contributed by atoms with Gasteiger partial charge in [0, 0.05) is 15.0 Å². The zero-order valence-electron chi connectivity index (χ0n) is 7.22. The summed E-state index contributed by atoms with van der Waals surface area (Å²) in [6.07, 6.45) is 0. The quantitative estimate of drug-likeness (QED) is 0.757. The molecule has 73 valence electrons. The minimum Gasteiger partial charge on any atom is -0.374 e. The van der Waals surface area contributed by atoms with Crippen molar-refractivity contribution < 1.29 is 4.74 Å². The van der Waals surface area contributed by atoms with Gasteiger partial charge in [0.2, 0.25) is 0 Å². The minimum absolute atomic E-state index is 0.507. The molecule has 0 saturated carbocycles. The van der Waals surface area contributed by atoms with Gasteiger partial charge in [0.05, 0.1) is 23.8 Å². The van der Waals surface area contributed by atoms with Crippen molar-refractivity contribution in [2.24, 2.45) is 0 Å². The summed E-state index contributed by atoms with van der Waals surface area (Å²) in [7, 11) is 3.34. The molecule has 1 aromatic heterocycles. The minimum atomic E-state index is 0.507. The lowest BCUT2D eigenvalue weighted by molar-refractivity contribution is 0.232. The largest absolute Gasteiger partial charge is 0.374 e. The van der Waals surface area contributed by atoms with Crippen LogP contribution in [-0.2, 0) is 11.3 Å². The second-order valence-corrected chi connectivity index (χ2v) is 4.79. The maximum atomic E-state index is 6.06. The molecule has 1 radical (unpaired) electrons. The normalized spacial score (nSPS) is 11.1. The van der Waals surface area contributed by atoms with Crippen LogP contribution >= 0.6 is 34.5 Å². The van der Waals surface area contributed by atoms with Gasteiger partial charge in [-0.1, -0.05) is 23.2 Å². The molecular weight excluding hydrogens is 239 g/mol. The molecule has 0 saturated heterocycles. The van der Waals surface area contributed by atoms with E-state index < -0.39 is 0 Å². The zero-order valence-corrected chi connectivity index (χ0v) is 9.55. The molecule has 2 rings (SSSR count). The van der Waals surface area contributed by atoms with Crippen LogP contribution in [0.2, 0.25) is 10.0 Å². The predicted octanol–water partition coefficient (Wildman–Crippen LogP) is 4.52. The van der Waals surface area contributed by atoms with Crippen LogP contribution in [0.1, 0.15) is 4.88 Å². The second-order valence-electron chi connectivity index (χ2n) is 2.83. The topological polar surface area (TPSA) is 9.23 Å². The summed E-state index contributed by atoms with van der Waals surface area (Å²) in [5.74, 6) is 0. The molecule has 2 aromatic rings. The van der Waals surface area contributed by atoms with Gasteiger partial charge in [-0.25, -0.2) is 0 Å². The number of benzene rings is 1. The van der Waals surface area contributed by atoms with Crippen LogP contribution in [0.3, 0.4) is 0 Å². The highest BCUT2D eigenvalue weighted by atomic mass is 35.5. The Bertz CT molecular complexity index is 464. The molecule has 0 atom stereocenters. The Morgan fingerprint density at radius 1 is 1.36 bits per heavy atom. The maximum Gasteiger partial charge on any atom is 0.0810 e. The van der Waals surface area contributed by atoms with Crippen LogP contribution in [0.4, 0.5) is 0 Å². The third-order valence-electron chi connectivity index (χ3n) is 1.88. The summed E-state index contributed by atoms with van der Waals surface area (Å²) >= 11 is 13.6. The molecule has 0 aliphatic carbocycles. The van der Waals surface area contributed by atoms with Crippen molar-refractivity contribution in [1.82, 2.24) is 0 Å². The summed E-state index contributed by atoms with van der Waals surface area (Å²) in [6.45, 7) is 0.507. The fraction of sp³-hybridized carbons (Fsp3) is 0.100. The van der Waals surface area contributed by atoms with Gasteiger partial charge >= 0.3 is 0 Å². The molecule has 1 heterocycles. The van der Waals surface area contributed by atoms with Crippen LogP contribution in [0.5, 0.6) is 0 Å². The average Bonchev–Trinajstić information content (AvgIpc) is 2.56. The van der Waals surface area contributed by atoms with Crippen molar-refractivity contribution in [2.75, 3.05) is 0 Å². The molecule has 0 unspecified atom stereocenters. The molecule has 0 aliphatic rings. The molecule has 1 aromatic carbocycles. The lowest BCUT2D eigenvalue weighted by atomic mass is 10.2. The van der Waals surface area contributed by atoms with E-state index in [4.69, 9.17) is 27.9 Å². The Morgan fingerprint density at radius 2 is 2.14 bits per heavy atom. The van der Waals surface area contributed by atoms with Gasteiger partial charge in [-0.05, 0) is 18.2 Å². The van der Waals surface area contributed by atoms with Gasteiger partial charge < -0.3 is 4.74 Å². The van der Waals surface area contributed by atoms with Crippen molar-refractivity contribution in [1.29, 1.82) is 0 Å². The lowest BCUT2D eigenvalue weighted by Crippen LogP contribution is -1.77. The first-order chi connectivity index (χ1) is 6.72. The summed E-state index contributed by atoms with van der Waals surface area (Å²) < 4.78 is 5.93. The smallest absolute Gasteiger partial charge is 0.0810 e. The van der Waals surface area contributed by atoms with Gasteiger partial charge in [0.15, 0.2) is 0 Å². The van der Waals surface area contributed by atoms with E-state index >= 15 is 0 Å². The van der Waals surface area contributed by atoms with E-state index in [2.05, 4.69) is 7.11 Å². The molecule has 4 heteroatoms. The monoisotopic (exact) mass is 245 g/mol. The van der Waals surface area contributed by atoms with Crippen molar-refractivity contribution in [2.45, 2.75) is 6.61 Å². The fourth-order valence-electron chi connectivity index (χ4n) is 1.28. The van der Waals surface area contributed by atoms with E-state index in [-0.39, 0.29) is 0 Å². The number of ether oxygens (including phenoxy) is 1. The highest BCUT2D eigenvalue weighted by Gasteiger charge is 2.07. The number of thiophene rings is 1. The summed E-state index contributed by atoms with van der Waals surface area (Å²) in [4.78, 5) is 1.10. The first-order valence-electron chi connectivity index (χ1n) is 3.96. The Hall–Kier alpha value is -0.280. The van der Waals surface area contributed by atoms with E-state index in [1.54, 1.807) is 17.4 Å². The SMILES string of the molecule is [CH2]OCc1cc2c(Cl)c(Cl)ccc2s1. The molecule has 1 nitrogen and oxygen atoms in total. The van der Waals surface area contributed by atoms with Crippen LogP contribution in [-0.4, -0.2) is 0 Å². The summed E-state index contributed by atoms with van der Waals surface area (Å²) in [6, 6.07) is 5.75. The van der Waals surface area contributed by atoms with E-state index in [1.807, 2.05) is 12.1 Å². The number of hydrogen-bond donors (Lipinski definition) is 0. The second kappa shape index (κ2) is 4.07. The fourth-order valence-corrected chi connectivity index (χ4v) is 2.72. The molecule has 0 bridgehead atoms. The van der Waals surface area contributed by atoms with Crippen LogP contribution in [0, 0.1) is 7.11 Å². The third-order valence-corrected chi connectivity index (χ3v) is 3.78. The molecule has 0 spiro atoms. The first kappa shape index (κ1) is 10.2. The van der Waals surface area contributed by atoms with E-state index in [1.165, 1.54) is 0 Å². The van der Waals surface area contributed by atoms with Crippen molar-refractivity contribution in [3.05, 3.63) is 40.2 Å². The third kappa shape index (κ3) is 1.75. The number of fused-ring (bicyclic) bond motifs is 1. The maximum absolute atomic E-state index is 6.06. The molecule has 0 N–H and O–H groups in total. The number of rotatable bonds is 2. The molecule has 0 amide bonds. The molecule has 0 fully saturated rings. The standard InChI is InChI=1S/C10H7Cl2OS/c1-13-5-6-4-7-9(14-6)3-2-8(11)10(7)12/h2-4H,1,5H2. The van der Waals surface area contributed by atoms with Crippen molar-refractivity contribution in [3.8, 4) is 0 Å². The highest BCUT2D eigenvalue weighted by molar-refractivity contribution is 7.19. The Labute approximate surface area is 96.2 Å². The van der Waals surface area contributed by atoms with E-state index in [0.717, 1.165) is 15.0 Å². The highest BCUT2D eigenvalue weighted by Crippen LogP contribution is 2.35. The Morgan fingerprint density at radius 3 is 2.86 bits per heavy atom. The van der Waals surface area contributed by atoms with Gasteiger partial charge in [0.1, 0.15) is 0 Å². The lowest BCUT2D eigenvalue weighted by Gasteiger charge is -1.95. The Kier molecular flexibility index (Phi) is 2.98. The van der Waals surface area contributed by atoms with Gasteiger partial charge in [-0.2, -0.15) is 0 Å². The van der Waals surface area contributed by atoms with Gasteiger partial charge in [0.25, 0.3) is 0 Å². The van der Waals surface area contributed by atoms with Gasteiger partial charge in [-0.15, -0.1) is 11.3 Å². The van der Waals surface area contributed by atoms with Crippen LogP contribution in [0.25, 0.3) is 10.1 Å². The van der Waals surface area contributed by atoms with E-state index in [0.29, 0.717) is 16.7 Å². The predicted molar refractivity (Wildman–Crippen MR) is 62.0 cm³/mol. The Balaban J connectivity index is 2.59. The number of halogens is 2. The average molecular weight is 246 g/mol. The van der Waals surface area contributed by atoms with Crippen LogP contribution < -0.4 is 0 Å². The molecule has 14 heavy (non-hydrogen) atoms. The van der Waals surface area contributed by atoms with E-state index in [9.17, 15) is 0 Å².